The number of halogens is 3. The van der Waals surface area contributed by atoms with Crippen LogP contribution in [0.4, 0.5) is 29.3 Å². The average molecular weight is 496 g/mol. The van der Waals surface area contributed by atoms with Crippen molar-refractivity contribution in [1.82, 2.24) is 20.1 Å². The molecule has 2 aromatic heterocycles. The Hall–Kier alpha value is -4.87. The molecule has 0 aliphatic carbocycles. The first-order valence-corrected chi connectivity index (χ1v) is 10.5. The Bertz CT molecular complexity index is 1370. The van der Waals surface area contributed by atoms with Gasteiger partial charge in [0.2, 0.25) is 0 Å². The fourth-order valence-corrected chi connectivity index (χ4v) is 3.18. The molecule has 2 aromatic carbocycles. The summed E-state index contributed by atoms with van der Waals surface area (Å²) in [5.41, 5.74) is -0.163. The Morgan fingerprint density at radius 3 is 2.39 bits per heavy atom. The summed E-state index contributed by atoms with van der Waals surface area (Å²) in [5.74, 6) is 0.453. The minimum atomic E-state index is -4.58. The summed E-state index contributed by atoms with van der Waals surface area (Å²) in [5, 5.41) is 11.5. The number of hydrogen-bond acceptors (Lipinski definition) is 5. The molecule has 0 unspecified atom stereocenters. The number of ether oxygens (including phenoxy) is 1. The van der Waals surface area contributed by atoms with Gasteiger partial charge in [-0.1, -0.05) is 0 Å². The van der Waals surface area contributed by atoms with E-state index in [0.717, 1.165) is 12.1 Å². The van der Waals surface area contributed by atoms with Crippen molar-refractivity contribution in [2.45, 2.75) is 6.18 Å². The molecule has 36 heavy (non-hydrogen) atoms. The van der Waals surface area contributed by atoms with E-state index in [9.17, 15) is 22.8 Å². The molecule has 2 heterocycles. The van der Waals surface area contributed by atoms with Crippen LogP contribution in [0.2, 0.25) is 0 Å². The molecular formula is C24H19F3N6O3. The Morgan fingerprint density at radius 1 is 0.944 bits per heavy atom. The van der Waals surface area contributed by atoms with Crippen molar-refractivity contribution in [3.05, 3.63) is 90.5 Å². The molecule has 0 spiro atoms. The van der Waals surface area contributed by atoms with Crippen LogP contribution in [0.3, 0.4) is 0 Å². The number of carbonyl (C=O) groups excluding carboxylic acids is 2. The van der Waals surface area contributed by atoms with Gasteiger partial charge in [-0.15, -0.1) is 0 Å². The van der Waals surface area contributed by atoms with Gasteiger partial charge in [0, 0.05) is 37.4 Å². The van der Waals surface area contributed by atoms with Crippen LogP contribution in [-0.4, -0.2) is 33.8 Å². The number of hydrogen-bond donors (Lipinski definition) is 3. The predicted octanol–water partition coefficient (Wildman–Crippen LogP) is 5.08. The Balaban J connectivity index is 1.46. The van der Waals surface area contributed by atoms with Crippen LogP contribution in [0.1, 0.15) is 16.1 Å². The molecule has 3 amide bonds. The molecule has 12 heteroatoms. The largest absolute Gasteiger partial charge is 0.457 e. The highest BCUT2D eigenvalue weighted by Gasteiger charge is 2.31. The molecule has 0 atom stereocenters. The number of urea groups is 1. The fraction of sp³-hybridized carbons (Fsp3) is 0.0833. The standard InChI is InChI=1S/C24H19F3N6O3/c1-28-22(34)20-14-18(9-11-29-20)36-17-6-4-16(5-7-17)31-23(35)32-19-13-15(24(25,26)27)3-8-21(19)33-12-2-10-30-33/h2-14H,1H3,(H,28,34)(H2,31,32,35). The second kappa shape index (κ2) is 10.2. The lowest BCUT2D eigenvalue weighted by Crippen LogP contribution is -2.21. The number of aromatic nitrogens is 3. The maximum atomic E-state index is 13.2. The van der Waals surface area contributed by atoms with Crippen molar-refractivity contribution in [3.63, 3.8) is 0 Å². The van der Waals surface area contributed by atoms with Crippen molar-refractivity contribution in [1.29, 1.82) is 0 Å². The van der Waals surface area contributed by atoms with Gasteiger partial charge in [0.1, 0.15) is 17.2 Å². The van der Waals surface area contributed by atoms with Crippen LogP contribution in [0, 0.1) is 0 Å². The molecule has 0 saturated carbocycles. The van der Waals surface area contributed by atoms with E-state index in [1.807, 2.05) is 0 Å². The third-order valence-electron chi connectivity index (χ3n) is 4.86. The van der Waals surface area contributed by atoms with Gasteiger partial charge in [0.15, 0.2) is 0 Å². The highest BCUT2D eigenvalue weighted by molar-refractivity contribution is 6.01. The summed E-state index contributed by atoms with van der Waals surface area (Å²) in [4.78, 5) is 28.2. The lowest BCUT2D eigenvalue weighted by molar-refractivity contribution is -0.137. The third kappa shape index (κ3) is 5.78. The first-order chi connectivity index (χ1) is 17.2. The summed E-state index contributed by atoms with van der Waals surface area (Å²) in [6.45, 7) is 0. The quantitative estimate of drug-likeness (QED) is 0.345. The first kappa shape index (κ1) is 24.3. The van der Waals surface area contributed by atoms with Crippen LogP contribution >= 0.6 is 0 Å². The van der Waals surface area contributed by atoms with Crippen molar-refractivity contribution in [2.24, 2.45) is 0 Å². The van der Waals surface area contributed by atoms with Crippen molar-refractivity contribution in [2.75, 3.05) is 17.7 Å². The fourth-order valence-electron chi connectivity index (χ4n) is 3.18. The van der Waals surface area contributed by atoms with E-state index in [-0.39, 0.29) is 23.0 Å². The van der Waals surface area contributed by atoms with Crippen molar-refractivity contribution >= 4 is 23.3 Å². The molecule has 4 aromatic rings. The second-order valence-corrected chi connectivity index (χ2v) is 7.34. The molecule has 9 nitrogen and oxygen atoms in total. The molecule has 0 aliphatic heterocycles. The summed E-state index contributed by atoms with van der Waals surface area (Å²) in [6.07, 6.45) is -0.131. The third-order valence-corrected chi connectivity index (χ3v) is 4.86. The Labute approximate surface area is 202 Å². The highest BCUT2D eigenvalue weighted by atomic mass is 19.4. The highest BCUT2D eigenvalue weighted by Crippen LogP contribution is 2.33. The van der Waals surface area contributed by atoms with E-state index in [1.165, 1.54) is 36.3 Å². The maximum absolute atomic E-state index is 13.2. The monoisotopic (exact) mass is 496 g/mol. The molecule has 184 valence electrons. The smallest absolute Gasteiger partial charge is 0.416 e. The number of amides is 3. The summed E-state index contributed by atoms with van der Waals surface area (Å²) >= 11 is 0. The summed E-state index contributed by atoms with van der Waals surface area (Å²) < 4.78 is 46.7. The minimum Gasteiger partial charge on any atom is -0.457 e. The number of rotatable bonds is 6. The molecular weight excluding hydrogens is 477 g/mol. The molecule has 0 bridgehead atoms. The molecule has 3 N–H and O–H groups in total. The van der Waals surface area contributed by atoms with E-state index < -0.39 is 17.8 Å². The van der Waals surface area contributed by atoms with Gasteiger partial charge in [-0.25, -0.2) is 9.48 Å². The summed E-state index contributed by atoms with van der Waals surface area (Å²) in [7, 11) is 1.49. The number of alkyl halides is 3. The maximum Gasteiger partial charge on any atom is 0.416 e. The molecule has 0 fully saturated rings. The average Bonchev–Trinajstić information content (AvgIpc) is 3.39. The normalized spacial score (nSPS) is 11.0. The Kier molecular flexibility index (Phi) is 6.86. The van der Waals surface area contributed by atoms with Gasteiger partial charge in [-0.2, -0.15) is 18.3 Å². The van der Waals surface area contributed by atoms with Crippen molar-refractivity contribution in [3.8, 4) is 17.2 Å². The zero-order valence-electron chi connectivity index (χ0n) is 18.7. The van der Waals surface area contributed by atoms with Gasteiger partial charge in [0.05, 0.1) is 16.9 Å². The zero-order chi connectivity index (χ0) is 25.7. The van der Waals surface area contributed by atoms with Crippen LogP contribution in [0.25, 0.3) is 5.69 Å². The van der Waals surface area contributed by atoms with Crippen molar-refractivity contribution < 1.29 is 27.5 Å². The van der Waals surface area contributed by atoms with Crippen LogP contribution in [0.15, 0.2) is 79.3 Å². The lowest BCUT2D eigenvalue weighted by Gasteiger charge is -2.15. The molecule has 0 radical (unpaired) electrons. The number of nitrogens with zero attached hydrogens (tertiary/aromatic N) is 3. The van der Waals surface area contributed by atoms with Gasteiger partial charge in [-0.05, 0) is 54.6 Å². The number of benzene rings is 2. The second-order valence-electron chi connectivity index (χ2n) is 7.34. The van der Waals surface area contributed by atoms with Gasteiger partial charge < -0.3 is 20.7 Å². The lowest BCUT2D eigenvalue weighted by atomic mass is 10.1. The predicted molar refractivity (Wildman–Crippen MR) is 125 cm³/mol. The van der Waals surface area contributed by atoms with Crippen LogP contribution < -0.4 is 20.7 Å². The van der Waals surface area contributed by atoms with Gasteiger partial charge in [-0.3, -0.25) is 9.78 Å². The van der Waals surface area contributed by atoms with Crippen LogP contribution in [-0.2, 0) is 6.18 Å². The number of anilines is 2. The van der Waals surface area contributed by atoms with E-state index in [4.69, 9.17) is 4.74 Å². The molecule has 0 aliphatic rings. The minimum absolute atomic E-state index is 0.0735. The number of carbonyl (C=O) groups is 2. The van der Waals surface area contributed by atoms with E-state index in [2.05, 4.69) is 26.0 Å². The van der Waals surface area contributed by atoms with Crippen LogP contribution in [0.5, 0.6) is 11.5 Å². The zero-order valence-corrected chi connectivity index (χ0v) is 18.7. The molecule has 4 rings (SSSR count). The van der Waals surface area contributed by atoms with E-state index in [0.29, 0.717) is 17.2 Å². The summed E-state index contributed by atoms with van der Waals surface area (Å²) in [6, 6.07) is 13.2. The van der Waals surface area contributed by atoms with E-state index >= 15 is 0 Å². The molecule has 0 saturated heterocycles. The van der Waals surface area contributed by atoms with Gasteiger partial charge >= 0.3 is 12.2 Å². The SMILES string of the molecule is CNC(=O)c1cc(Oc2ccc(NC(=O)Nc3cc(C(F)(F)F)ccc3-n3cccn3)cc2)ccn1. The topological polar surface area (TPSA) is 110 Å². The number of pyridine rings is 1. The van der Waals surface area contributed by atoms with E-state index in [1.54, 1.807) is 42.6 Å². The first-order valence-electron chi connectivity index (χ1n) is 10.5. The Morgan fingerprint density at radius 2 is 1.72 bits per heavy atom. The number of nitrogens with one attached hydrogen (secondary N) is 3. The van der Waals surface area contributed by atoms with Gasteiger partial charge in [0.25, 0.3) is 5.91 Å².